The van der Waals surface area contributed by atoms with Crippen molar-refractivity contribution in [1.29, 1.82) is 0 Å². The van der Waals surface area contributed by atoms with Crippen molar-refractivity contribution in [2.45, 2.75) is 38.1 Å². The summed E-state index contributed by atoms with van der Waals surface area (Å²) >= 11 is 0.883. The van der Waals surface area contributed by atoms with E-state index < -0.39 is 5.91 Å². The monoisotopic (exact) mass is 344 g/mol. The predicted octanol–water partition coefficient (Wildman–Crippen LogP) is 3.17. The first-order valence-corrected chi connectivity index (χ1v) is 9.05. The molecule has 1 heterocycles. The molecule has 24 heavy (non-hydrogen) atoms. The number of benzene rings is 1. The summed E-state index contributed by atoms with van der Waals surface area (Å²) < 4.78 is 0. The van der Waals surface area contributed by atoms with E-state index in [-0.39, 0.29) is 23.7 Å². The maximum absolute atomic E-state index is 12.4. The zero-order chi connectivity index (χ0) is 16.9. The van der Waals surface area contributed by atoms with Crippen LogP contribution in [0.1, 0.15) is 37.7 Å². The van der Waals surface area contributed by atoms with Crippen molar-refractivity contribution in [2.24, 2.45) is 0 Å². The summed E-state index contributed by atoms with van der Waals surface area (Å²) in [5.41, 5.74) is 0.856. The summed E-state index contributed by atoms with van der Waals surface area (Å²) in [6.45, 7) is -0.201. The van der Waals surface area contributed by atoms with Crippen molar-refractivity contribution in [2.75, 3.05) is 6.54 Å². The molecule has 3 amide bonds. The van der Waals surface area contributed by atoms with Gasteiger partial charge in [0.2, 0.25) is 5.91 Å². The Balaban J connectivity index is 1.61. The number of hydrogen-bond donors (Lipinski definition) is 1. The maximum Gasteiger partial charge on any atom is 0.294 e. The number of amides is 3. The number of imide groups is 1. The van der Waals surface area contributed by atoms with Gasteiger partial charge in [-0.25, -0.2) is 0 Å². The summed E-state index contributed by atoms with van der Waals surface area (Å²) in [6, 6.07) is 9.53. The highest BCUT2D eigenvalue weighted by atomic mass is 32.2. The number of nitrogens with zero attached hydrogens (tertiary/aromatic N) is 1. The van der Waals surface area contributed by atoms with E-state index in [1.807, 2.05) is 30.3 Å². The van der Waals surface area contributed by atoms with Crippen LogP contribution >= 0.6 is 11.8 Å². The normalized spacial score (nSPS) is 20.7. The first-order valence-electron chi connectivity index (χ1n) is 8.23. The molecule has 0 bridgehead atoms. The van der Waals surface area contributed by atoms with E-state index in [1.165, 1.54) is 6.42 Å². The minimum Gasteiger partial charge on any atom is -0.352 e. The molecule has 1 saturated heterocycles. The topological polar surface area (TPSA) is 66.5 Å². The van der Waals surface area contributed by atoms with Crippen LogP contribution in [-0.4, -0.2) is 34.5 Å². The Labute approximate surface area is 145 Å². The van der Waals surface area contributed by atoms with E-state index in [4.69, 9.17) is 0 Å². The van der Waals surface area contributed by atoms with Crippen LogP contribution in [0.4, 0.5) is 4.79 Å². The Hall–Kier alpha value is -2.08. The van der Waals surface area contributed by atoms with Crippen molar-refractivity contribution in [1.82, 2.24) is 10.2 Å². The first-order chi connectivity index (χ1) is 11.6. The number of carbonyl (C=O) groups is 3. The molecule has 6 heteroatoms. The summed E-state index contributed by atoms with van der Waals surface area (Å²) in [4.78, 5) is 38.0. The van der Waals surface area contributed by atoms with Gasteiger partial charge < -0.3 is 5.32 Å². The van der Waals surface area contributed by atoms with Crippen LogP contribution in [0.3, 0.4) is 0 Å². The molecule has 1 saturated carbocycles. The Kier molecular flexibility index (Phi) is 5.35. The standard InChI is InChI=1S/C18H20N2O3S/c21-16(19-14-9-5-2-6-10-14)12-20-17(22)15(24-18(20)23)11-13-7-3-1-4-8-13/h1,3-4,7-8,11,14H,2,5-6,9-10,12H2,(H,19,21)/b15-11+. The van der Waals surface area contributed by atoms with Crippen LogP contribution in [0.5, 0.6) is 0 Å². The highest BCUT2D eigenvalue weighted by Gasteiger charge is 2.36. The van der Waals surface area contributed by atoms with Gasteiger partial charge in [0.05, 0.1) is 4.91 Å². The number of hydrogen-bond acceptors (Lipinski definition) is 4. The average molecular weight is 344 g/mol. The van der Waals surface area contributed by atoms with Gasteiger partial charge in [0.1, 0.15) is 6.54 Å². The molecule has 0 spiro atoms. The zero-order valence-electron chi connectivity index (χ0n) is 13.4. The minimum atomic E-state index is -0.396. The molecule has 5 nitrogen and oxygen atoms in total. The minimum absolute atomic E-state index is 0.172. The van der Waals surface area contributed by atoms with E-state index >= 15 is 0 Å². The zero-order valence-corrected chi connectivity index (χ0v) is 14.2. The third-order valence-electron chi connectivity index (χ3n) is 4.24. The van der Waals surface area contributed by atoms with Gasteiger partial charge in [0, 0.05) is 6.04 Å². The second kappa shape index (κ2) is 7.66. The van der Waals surface area contributed by atoms with Crippen LogP contribution in [-0.2, 0) is 9.59 Å². The van der Waals surface area contributed by atoms with Gasteiger partial charge in [-0.2, -0.15) is 0 Å². The molecule has 3 rings (SSSR count). The summed E-state index contributed by atoms with van der Waals surface area (Å²) in [7, 11) is 0. The average Bonchev–Trinajstić information content (AvgIpc) is 2.84. The summed E-state index contributed by atoms with van der Waals surface area (Å²) in [6.07, 6.45) is 7.07. The highest BCUT2D eigenvalue weighted by molar-refractivity contribution is 8.18. The van der Waals surface area contributed by atoms with Gasteiger partial charge in [-0.15, -0.1) is 0 Å². The van der Waals surface area contributed by atoms with Crippen molar-refractivity contribution in [3.8, 4) is 0 Å². The summed E-state index contributed by atoms with van der Waals surface area (Å²) in [5.74, 6) is -0.655. The SMILES string of the molecule is O=C(CN1C(=O)S/C(=C/c2ccccc2)C1=O)NC1CCCCC1. The Morgan fingerprint density at radius 3 is 2.58 bits per heavy atom. The fourth-order valence-electron chi connectivity index (χ4n) is 3.00. The van der Waals surface area contributed by atoms with E-state index in [9.17, 15) is 14.4 Å². The molecule has 2 fully saturated rings. The molecule has 126 valence electrons. The molecular formula is C18H20N2O3S. The Morgan fingerprint density at radius 1 is 1.17 bits per heavy atom. The van der Waals surface area contributed by atoms with Gasteiger partial charge in [0.25, 0.3) is 11.1 Å². The third kappa shape index (κ3) is 4.06. The molecular weight excluding hydrogens is 324 g/mol. The van der Waals surface area contributed by atoms with Gasteiger partial charge in [-0.3, -0.25) is 19.3 Å². The first kappa shape index (κ1) is 16.8. The van der Waals surface area contributed by atoms with E-state index in [0.717, 1.165) is 47.9 Å². The number of rotatable bonds is 4. The van der Waals surface area contributed by atoms with Crippen molar-refractivity contribution in [3.05, 3.63) is 40.8 Å². The predicted molar refractivity (Wildman–Crippen MR) is 94.1 cm³/mol. The molecule has 2 aliphatic rings. The maximum atomic E-state index is 12.4. The van der Waals surface area contributed by atoms with Crippen LogP contribution < -0.4 is 5.32 Å². The van der Waals surface area contributed by atoms with Gasteiger partial charge in [0.15, 0.2) is 0 Å². The van der Waals surface area contributed by atoms with Crippen molar-refractivity contribution in [3.63, 3.8) is 0 Å². The fourth-order valence-corrected chi connectivity index (χ4v) is 3.84. The molecule has 1 aliphatic heterocycles. The summed E-state index contributed by atoms with van der Waals surface area (Å²) in [5, 5.41) is 2.55. The van der Waals surface area contributed by atoms with E-state index in [2.05, 4.69) is 5.32 Å². The second-order valence-corrected chi connectivity index (χ2v) is 7.07. The molecule has 0 aromatic heterocycles. The van der Waals surface area contributed by atoms with Gasteiger partial charge in [-0.05, 0) is 36.2 Å². The lowest BCUT2D eigenvalue weighted by Crippen LogP contribution is -2.44. The van der Waals surface area contributed by atoms with Crippen molar-refractivity contribution >= 4 is 34.9 Å². The Bertz CT molecular complexity index is 666. The largest absolute Gasteiger partial charge is 0.352 e. The smallest absolute Gasteiger partial charge is 0.294 e. The quantitative estimate of drug-likeness (QED) is 0.852. The molecule has 1 aromatic rings. The highest BCUT2D eigenvalue weighted by Crippen LogP contribution is 2.32. The lowest BCUT2D eigenvalue weighted by molar-refractivity contribution is -0.129. The molecule has 0 unspecified atom stereocenters. The van der Waals surface area contributed by atoms with Crippen LogP contribution in [0, 0.1) is 0 Å². The van der Waals surface area contributed by atoms with Gasteiger partial charge >= 0.3 is 0 Å². The second-order valence-electron chi connectivity index (χ2n) is 6.08. The third-order valence-corrected chi connectivity index (χ3v) is 5.15. The lowest BCUT2D eigenvalue weighted by Gasteiger charge is -2.23. The molecule has 1 aliphatic carbocycles. The van der Waals surface area contributed by atoms with Crippen LogP contribution in [0.25, 0.3) is 6.08 Å². The van der Waals surface area contributed by atoms with Crippen molar-refractivity contribution < 1.29 is 14.4 Å². The fraction of sp³-hybridized carbons (Fsp3) is 0.389. The Morgan fingerprint density at radius 2 is 1.88 bits per heavy atom. The molecule has 0 radical (unpaired) electrons. The number of thioether (sulfide) groups is 1. The number of nitrogens with one attached hydrogen (secondary N) is 1. The van der Waals surface area contributed by atoms with Crippen LogP contribution in [0.2, 0.25) is 0 Å². The van der Waals surface area contributed by atoms with E-state index in [1.54, 1.807) is 6.08 Å². The lowest BCUT2D eigenvalue weighted by atomic mass is 9.95. The van der Waals surface area contributed by atoms with Gasteiger partial charge in [-0.1, -0.05) is 49.6 Å². The van der Waals surface area contributed by atoms with Crippen LogP contribution in [0.15, 0.2) is 35.2 Å². The molecule has 1 aromatic carbocycles. The molecule has 1 N–H and O–H groups in total. The van der Waals surface area contributed by atoms with E-state index in [0.29, 0.717) is 4.91 Å². The number of carbonyl (C=O) groups excluding carboxylic acids is 3. The molecule has 0 atom stereocenters.